The fourth-order valence-corrected chi connectivity index (χ4v) is 3.84. The lowest BCUT2D eigenvalue weighted by atomic mass is 10.2. The molecule has 0 heterocycles. The summed E-state index contributed by atoms with van der Waals surface area (Å²) in [6, 6.07) is 10.9. The Morgan fingerprint density at radius 3 is 2.40 bits per heavy atom. The molecule has 0 aliphatic heterocycles. The smallest absolute Gasteiger partial charge is 0.179 e. The Hall–Kier alpha value is -1.63. The number of halogens is 2. The summed E-state index contributed by atoms with van der Waals surface area (Å²) in [5.41, 5.74) is 0.768. The zero-order valence-corrected chi connectivity index (χ0v) is 15.8. The number of methoxy groups -OCH3 is 1. The lowest BCUT2D eigenvalue weighted by molar-refractivity contribution is 0.295. The van der Waals surface area contributed by atoms with E-state index in [-0.39, 0.29) is 16.4 Å². The third-order valence-electron chi connectivity index (χ3n) is 3.92. The molecule has 25 heavy (non-hydrogen) atoms. The van der Waals surface area contributed by atoms with Gasteiger partial charge in [-0.2, -0.15) is 0 Å². The molecule has 0 bridgehead atoms. The Morgan fingerprint density at radius 2 is 1.84 bits per heavy atom. The summed E-state index contributed by atoms with van der Waals surface area (Å²) in [6.45, 7) is 3.42. The number of ether oxygens (including phenoxy) is 1. The van der Waals surface area contributed by atoms with Crippen LogP contribution in [0.2, 0.25) is 5.02 Å². The molecular formula is C18H21ClFNO3S. The van der Waals surface area contributed by atoms with Crippen molar-refractivity contribution in [1.82, 2.24) is 4.90 Å². The number of sulfone groups is 1. The van der Waals surface area contributed by atoms with Crippen molar-refractivity contribution >= 4 is 21.4 Å². The van der Waals surface area contributed by atoms with E-state index in [0.717, 1.165) is 5.56 Å². The standard InChI is InChI=1S/C18H21ClFNO3S/c1-3-21(13-14-4-9-18(24-2)17(20)12-14)10-11-25(22,23)16-7-5-15(19)6-8-16/h4-9,12H,3,10-11,13H2,1-2H3. The van der Waals surface area contributed by atoms with E-state index in [4.69, 9.17) is 16.3 Å². The van der Waals surface area contributed by atoms with Crippen LogP contribution in [-0.4, -0.2) is 39.3 Å². The van der Waals surface area contributed by atoms with Crippen molar-refractivity contribution < 1.29 is 17.5 Å². The highest BCUT2D eigenvalue weighted by molar-refractivity contribution is 7.91. The molecule has 0 amide bonds. The molecule has 0 aliphatic rings. The molecule has 0 fully saturated rings. The van der Waals surface area contributed by atoms with Gasteiger partial charge in [0.15, 0.2) is 21.4 Å². The average Bonchev–Trinajstić information content (AvgIpc) is 2.59. The highest BCUT2D eigenvalue weighted by Gasteiger charge is 2.16. The molecule has 4 nitrogen and oxygen atoms in total. The predicted octanol–water partition coefficient (Wildman–Crippen LogP) is 3.78. The zero-order valence-electron chi connectivity index (χ0n) is 14.2. The molecule has 2 aromatic carbocycles. The Balaban J connectivity index is 2.02. The van der Waals surface area contributed by atoms with Crippen LogP contribution in [0.4, 0.5) is 4.39 Å². The van der Waals surface area contributed by atoms with Crippen molar-refractivity contribution in [1.29, 1.82) is 0 Å². The van der Waals surface area contributed by atoms with Crippen LogP contribution in [0.5, 0.6) is 5.75 Å². The van der Waals surface area contributed by atoms with Crippen LogP contribution < -0.4 is 4.74 Å². The molecule has 0 radical (unpaired) electrons. The van der Waals surface area contributed by atoms with Gasteiger partial charge in [0.1, 0.15) is 0 Å². The first-order valence-electron chi connectivity index (χ1n) is 7.89. The average molecular weight is 386 g/mol. The Labute approximate surface area is 153 Å². The van der Waals surface area contributed by atoms with E-state index in [1.807, 2.05) is 11.8 Å². The molecule has 0 spiro atoms. The summed E-state index contributed by atoms with van der Waals surface area (Å²) in [5.74, 6) is -0.247. The van der Waals surface area contributed by atoms with E-state index in [1.54, 1.807) is 24.3 Å². The fourth-order valence-electron chi connectivity index (χ4n) is 2.42. The van der Waals surface area contributed by atoms with Gasteiger partial charge in [-0.1, -0.05) is 24.6 Å². The first-order valence-corrected chi connectivity index (χ1v) is 9.92. The highest BCUT2D eigenvalue weighted by Crippen LogP contribution is 2.19. The van der Waals surface area contributed by atoms with Crippen LogP contribution >= 0.6 is 11.6 Å². The van der Waals surface area contributed by atoms with Crippen LogP contribution in [0.1, 0.15) is 12.5 Å². The maximum atomic E-state index is 13.8. The predicted molar refractivity (Wildman–Crippen MR) is 97.4 cm³/mol. The lowest BCUT2D eigenvalue weighted by Crippen LogP contribution is -2.29. The second kappa shape index (κ2) is 8.65. The monoisotopic (exact) mass is 385 g/mol. The number of nitrogens with zero attached hydrogens (tertiary/aromatic N) is 1. The largest absolute Gasteiger partial charge is 0.494 e. The van der Waals surface area contributed by atoms with Crippen LogP contribution in [0.15, 0.2) is 47.4 Å². The summed E-state index contributed by atoms with van der Waals surface area (Å²) >= 11 is 5.79. The van der Waals surface area contributed by atoms with Gasteiger partial charge in [-0.3, -0.25) is 4.90 Å². The van der Waals surface area contributed by atoms with E-state index in [0.29, 0.717) is 24.7 Å². The van der Waals surface area contributed by atoms with E-state index < -0.39 is 15.7 Å². The lowest BCUT2D eigenvalue weighted by Gasteiger charge is -2.20. The molecule has 7 heteroatoms. The minimum absolute atomic E-state index is 0.0128. The van der Waals surface area contributed by atoms with Crippen molar-refractivity contribution in [3.63, 3.8) is 0 Å². The molecule has 136 valence electrons. The van der Waals surface area contributed by atoms with E-state index in [9.17, 15) is 12.8 Å². The van der Waals surface area contributed by atoms with Crippen LogP contribution in [0.25, 0.3) is 0 Å². The molecule has 0 N–H and O–H groups in total. The normalized spacial score (nSPS) is 11.7. The highest BCUT2D eigenvalue weighted by atomic mass is 35.5. The first-order chi connectivity index (χ1) is 11.9. The third-order valence-corrected chi connectivity index (χ3v) is 5.88. The minimum atomic E-state index is -3.39. The maximum absolute atomic E-state index is 13.8. The van der Waals surface area contributed by atoms with Crippen molar-refractivity contribution in [2.24, 2.45) is 0 Å². The minimum Gasteiger partial charge on any atom is -0.494 e. The molecule has 0 atom stereocenters. The topological polar surface area (TPSA) is 46.6 Å². The summed E-state index contributed by atoms with van der Waals surface area (Å²) in [7, 11) is -1.97. The molecule has 0 aromatic heterocycles. The van der Waals surface area contributed by atoms with Gasteiger partial charge in [0.25, 0.3) is 0 Å². The molecule has 0 unspecified atom stereocenters. The number of hydrogen-bond acceptors (Lipinski definition) is 4. The molecule has 0 saturated heterocycles. The first kappa shape index (κ1) is 19.7. The van der Waals surface area contributed by atoms with Crippen molar-refractivity contribution in [2.75, 3.05) is 26.0 Å². The Morgan fingerprint density at radius 1 is 1.16 bits per heavy atom. The second-order valence-electron chi connectivity index (χ2n) is 5.61. The van der Waals surface area contributed by atoms with Gasteiger partial charge in [-0.25, -0.2) is 12.8 Å². The summed E-state index contributed by atoms with van der Waals surface area (Å²) in [4.78, 5) is 2.21. The van der Waals surface area contributed by atoms with Gasteiger partial charge in [-0.05, 0) is 48.5 Å². The van der Waals surface area contributed by atoms with Crippen LogP contribution in [0.3, 0.4) is 0 Å². The fraction of sp³-hybridized carbons (Fsp3) is 0.333. The summed E-state index contributed by atoms with van der Waals surface area (Å²) in [5, 5.41) is 0.496. The van der Waals surface area contributed by atoms with Crippen molar-refractivity contribution in [2.45, 2.75) is 18.4 Å². The quantitative estimate of drug-likeness (QED) is 0.693. The second-order valence-corrected chi connectivity index (χ2v) is 8.16. The van der Waals surface area contributed by atoms with Gasteiger partial charge in [0.05, 0.1) is 17.8 Å². The zero-order chi connectivity index (χ0) is 18.4. The van der Waals surface area contributed by atoms with Gasteiger partial charge in [0.2, 0.25) is 0 Å². The molecule has 2 aromatic rings. The Bertz CT molecular complexity index is 810. The summed E-state index contributed by atoms with van der Waals surface area (Å²) in [6.07, 6.45) is 0. The molecular weight excluding hydrogens is 365 g/mol. The van der Waals surface area contributed by atoms with Gasteiger partial charge < -0.3 is 4.74 Å². The van der Waals surface area contributed by atoms with Crippen LogP contribution in [0, 0.1) is 5.82 Å². The van der Waals surface area contributed by atoms with Gasteiger partial charge >= 0.3 is 0 Å². The van der Waals surface area contributed by atoms with Gasteiger partial charge in [0, 0.05) is 18.1 Å². The third kappa shape index (κ3) is 5.42. The van der Waals surface area contributed by atoms with E-state index in [1.165, 1.54) is 25.3 Å². The molecule has 2 rings (SSSR count). The van der Waals surface area contributed by atoms with Crippen molar-refractivity contribution in [3.8, 4) is 5.75 Å². The number of benzene rings is 2. The number of rotatable bonds is 8. The number of hydrogen-bond donors (Lipinski definition) is 0. The molecule has 0 saturated carbocycles. The maximum Gasteiger partial charge on any atom is 0.179 e. The summed E-state index contributed by atoms with van der Waals surface area (Å²) < 4.78 is 43.5. The Kier molecular flexibility index (Phi) is 6.81. The SMILES string of the molecule is CCN(CCS(=O)(=O)c1ccc(Cl)cc1)Cc1ccc(OC)c(F)c1. The van der Waals surface area contributed by atoms with Gasteiger partial charge in [-0.15, -0.1) is 0 Å². The van der Waals surface area contributed by atoms with E-state index >= 15 is 0 Å². The van der Waals surface area contributed by atoms with Crippen LogP contribution in [-0.2, 0) is 16.4 Å². The van der Waals surface area contributed by atoms with E-state index in [2.05, 4.69) is 0 Å². The molecule has 0 aliphatic carbocycles. The van der Waals surface area contributed by atoms with Crippen molar-refractivity contribution in [3.05, 3.63) is 58.9 Å².